The van der Waals surface area contributed by atoms with Gasteiger partial charge in [0.25, 0.3) is 0 Å². The molecule has 0 aliphatic rings. The van der Waals surface area contributed by atoms with E-state index in [2.05, 4.69) is 0 Å². The predicted octanol–water partition coefficient (Wildman–Crippen LogP) is 6.95. The van der Waals surface area contributed by atoms with Gasteiger partial charge in [0.1, 0.15) is 7.69 Å². The van der Waals surface area contributed by atoms with Gasteiger partial charge in [0, 0.05) is 0 Å². The van der Waals surface area contributed by atoms with E-state index in [1.165, 1.54) is 0 Å². The Hall–Kier alpha value is 0.480. The monoisotopic (exact) mass is 516 g/mol. The van der Waals surface area contributed by atoms with Crippen LogP contribution >= 0.6 is 69.7 Å². The lowest BCUT2D eigenvalue weighted by Crippen LogP contribution is -2.18. The van der Waals surface area contributed by atoms with Gasteiger partial charge in [0.2, 0.25) is 0 Å². The number of alkyl halides is 12. The molecule has 1 aromatic heterocycles. The Morgan fingerprint density at radius 2 is 0.654 bits per heavy atom. The van der Waals surface area contributed by atoms with E-state index >= 15 is 0 Å². The second-order valence-corrected chi connectivity index (χ2v) is 10.9. The van der Waals surface area contributed by atoms with Crippen molar-refractivity contribution in [1.29, 1.82) is 0 Å². The van der Waals surface area contributed by atoms with Gasteiger partial charge in [0.15, 0.2) is 0 Å². The number of thioether (sulfide) groups is 4. The van der Waals surface area contributed by atoms with E-state index in [0.29, 0.717) is 0 Å². The number of hydrogen-bond acceptors (Lipinski definition) is 6. The molecule has 0 radical (unpaired) electrons. The van der Waals surface area contributed by atoms with Gasteiger partial charge in [-0.15, -0.1) is 22.7 Å². The summed E-state index contributed by atoms with van der Waals surface area (Å²) in [5, 5.41) is 0. The molecule has 0 fully saturated rings. The SMILES string of the molecule is FC(F)(F)SC(SC(F)(F)F)=c1sc(=C(SC(F)(F)F)SC(F)(F)F)s1. The molecule has 26 heavy (non-hydrogen) atoms. The van der Waals surface area contributed by atoms with E-state index in [4.69, 9.17) is 0 Å². The van der Waals surface area contributed by atoms with E-state index in [0.717, 1.165) is 0 Å². The molecule has 0 amide bonds. The van der Waals surface area contributed by atoms with Crippen LogP contribution in [0.25, 0.3) is 8.47 Å². The van der Waals surface area contributed by atoms with Gasteiger partial charge in [-0.25, -0.2) is 0 Å². The topological polar surface area (TPSA) is 0 Å². The third kappa shape index (κ3) is 10.1. The zero-order chi connectivity index (χ0) is 20.6. The number of halogens is 12. The second-order valence-electron chi connectivity index (χ2n) is 3.55. The minimum Gasteiger partial charge on any atom is -0.160 e. The standard InChI is InChI=1S/C8F12S6/c9-5(10,11)23-3(24-6(12,13)14)1-21-2(22-1)4(25-7(15,16)17)26-8(18,19)20. The summed E-state index contributed by atoms with van der Waals surface area (Å²) in [7, 11) is 0. The Morgan fingerprint density at radius 3 is 0.808 bits per heavy atom. The lowest BCUT2D eigenvalue weighted by atomic mass is 11.2. The van der Waals surface area contributed by atoms with Crippen molar-refractivity contribution in [2.24, 2.45) is 0 Å². The van der Waals surface area contributed by atoms with Gasteiger partial charge >= 0.3 is 22.0 Å². The van der Waals surface area contributed by atoms with Crippen molar-refractivity contribution in [2.75, 3.05) is 0 Å². The van der Waals surface area contributed by atoms with Crippen LogP contribution in [0, 0.1) is 0 Å². The van der Waals surface area contributed by atoms with Gasteiger partial charge < -0.3 is 0 Å². The van der Waals surface area contributed by atoms with Gasteiger partial charge in [-0.3, -0.25) is 0 Å². The first kappa shape index (κ1) is 24.5. The summed E-state index contributed by atoms with van der Waals surface area (Å²) >= 11 is -4.61. The van der Waals surface area contributed by atoms with Crippen LogP contribution in [0.5, 0.6) is 0 Å². The van der Waals surface area contributed by atoms with Gasteiger partial charge in [-0.2, -0.15) is 52.7 Å². The van der Waals surface area contributed by atoms with Crippen molar-refractivity contribution in [3.63, 3.8) is 0 Å². The van der Waals surface area contributed by atoms with Crippen LogP contribution < -0.4 is 7.69 Å². The summed E-state index contributed by atoms with van der Waals surface area (Å²) in [4.78, 5) is 0. The second kappa shape index (κ2) is 8.46. The third-order valence-corrected chi connectivity index (χ3v) is 8.61. The van der Waals surface area contributed by atoms with Crippen molar-refractivity contribution >= 4 is 78.2 Å². The van der Waals surface area contributed by atoms with Gasteiger partial charge in [-0.05, 0) is 47.0 Å². The van der Waals surface area contributed by atoms with Crippen LogP contribution in [-0.2, 0) is 0 Å². The van der Waals surface area contributed by atoms with Crippen LogP contribution in [0.15, 0.2) is 0 Å². The Kier molecular flexibility index (Phi) is 7.98. The molecule has 0 spiro atoms. The number of hydrogen-bond donors (Lipinski definition) is 0. The first-order valence-electron chi connectivity index (χ1n) is 5.22. The molecule has 0 saturated heterocycles. The molecular formula is C8F12S6. The quantitative estimate of drug-likeness (QED) is 0.397. The van der Waals surface area contributed by atoms with E-state index in [9.17, 15) is 52.7 Å². The molecule has 18 heteroatoms. The first-order chi connectivity index (χ1) is 11.3. The largest absolute Gasteiger partial charge is 0.446 e. The van der Waals surface area contributed by atoms with E-state index in [1.807, 2.05) is 0 Å². The summed E-state index contributed by atoms with van der Waals surface area (Å²) in [6, 6.07) is 0. The van der Waals surface area contributed by atoms with Crippen molar-refractivity contribution in [2.45, 2.75) is 22.0 Å². The lowest BCUT2D eigenvalue weighted by molar-refractivity contribution is -0.0339. The fourth-order valence-electron chi connectivity index (χ4n) is 0.971. The summed E-state index contributed by atoms with van der Waals surface area (Å²) in [6.45, 7) is 0. The smallest absolute Gasteiger partial charge is 0.160 e. The maximum Gasteiger partial charge on any atom is 0.446 e. The lowest BCUT2D eigenvalue weighted by Gasteiger charge is -2.13. The summed E-state index contributed by atoms with van der Waals surface area (Å²) in [5.74, 6) is 0. The summed E-state index contributed by atoms with van der Waals surface area (Å²) in [6.07, 6.45) is 0. The van der Waals surface area contributed by atoms with Gasteiger partial charge in [0.05, 0.1) is 8.47 Å². The Labute approximate surface area is 160 Å². The Balaban J connectivity index is 3.39. The molecular weight excluding hydrogens is 516 g/mol. The fraction of sp³-hybridized carbons (Fsp3) is 0.500. The summed E-state index contributed by atoms with van der Waals surface area (Å²) < 4.78 is 144. The van der Waals surface area contributed by atoms with E-state index in [-0.39, 0.29) is 22.7 Å². The zero-order valence-electron chi connectivity index (χ0n) is 11.0. The molecule has 1 aromatic rings. The minimum atomic E-state index is -5.12. The number of rotatable bonds is 4. The van der Waals surface area contributed by atoms with Crippen LogP contribution in [0.2, 0.25) is 0 Å². The van der Waals surface area contributed by atoms with Gasteiger partial charge in [-0.1, -0.05) is 0 Å². The molecule has 152 valence electrons. The van der Waals surface area contributed by atoms with Crippen molar-refractivity contribution in [1.82, 2.24) is 0 Å². The predicted molar refractivity (Wildman–Crippen MR) is 82.8 cm³/mol. The Bertz CT molecular complexity index is 600. The molecule has 0 aromatic carbocycles. The normalized spacial score (nSPS) is 14.0. The highest BCUT2D eigenvalue weighted by molar-refractivity contribution is 8.31. The highest BCUT2D eigenvalue weighted by atomic mass is 32.2. The van der Waals surface area contributed by atoms with Crippen LogP contribution in [0.1, 0.15) is 0 Å². The maximum atomic E-state index is 12.3. The van der Waals surface area contributed by atoms with E-state index in [1.54, 1.807) is 0 Å². The van der Waals surface area contributed by atoms with Crippen molar-refractivity contribution < 1.29 is 52.7 Å². The van der Waals surface area contributed by atoms with E-state index < -0.39 is 85.2 Å². The molecule has 0 aliphatic heterocycles. The van der Waals surface area contributed by atoms with Crippen LogP contribution in [-0.4, -0.2) is 22.0 Å². The minimum absolute atomic E-state index is 0.00852. The average molecular weight is 516 g/mol. The highest BCUT2D eigenvalue weighted by Crippen LogP contribution is 2.50. The van der Waals surface area contributed by atoms with Crippen molar-refractivity contribution in [3.05, 3.63) is 7.69 Å². The van der Waals surface area contributed by atoms with Crippen LogP contribution in [0.4, 0.5) is 52.7 Å². The highest BCUT2D eigenvalue weighted by Gasteiger charge is 2.40. The fourth-order valence-corrected chi connectivity index (χ4v) is 7.05. The molecule has 0 bridgehead atoms. The maximum absolute atomic E-state index is 12.3. The van der Waals surface area contributed by atoms with Crippen LogP contribution in [0.3, 0.4) is 0 Å². The Morgan fingerprint density at radius 1 is 0.462 bits per heavy atom. The molecule has 0 N–H and O–H groups in total. The molecule has 1 heterocycles. The molecule has 0 aliphatic carbocycles. The first-order valence-corrected chi connectivity index (χ1v) is 10.1. The van der Waals surface area contributed by atoms with Crippen molar-refractivity contribution in [3.8, 4) is 0 Å². The third-order valence-electron chi connectivity index (χ3n) is 1.54. The zero-order valence-corrected chi connectivity index (χ0v) is 15.9. The average Bonchev–Trinajstić information content (AvgIpc) is 2.15. The molecule has 0 atom stereocenters. The molecule has 1 rings (SSSR count). The molecule has 0 unspecified atom stereocenters. The molecule has 0 nitrogen and oxygen atoms in total. The summed E-state index contributed by atoms with van der Waals surface area (Å²) in [5.41, 5.74) is -20.5. The molecule has 0 saturated carbocycles.